The first-order valence-corrected chi connectivity index (χ1v) is 11.8. The van der Waals surface area contributed by atoms with Gasteiger partial charge in [0.15, 0.2) is 0 Å². The molecule has 4 rings (SSSR count). The van der Waals surface area contributed by atoms with E-state index < -0.39 is 11.6 Å². The predicted octanol–water partition coefficient (Wildman–Crippen LogP) is 1.76. The lowest BCUT2D eigenvalue weighted by atomic mass is 9.73. The van der Waals surface area contributed by atoms with Crippen LogP contribution in [0.4, 0.5) is 4.79 Å². The molecule has 8 nitrogen and oxygen atoms in total. The van der Waals surface area contributed by atoms with Crippen LogP contribution in [0, 0.1) is 5.92 Å². The lowest BCUT2D eigenvalue weighted by Gasteiger charge is -2.36. The number of imide groups is 1. The number of urea groups is 1. The maximum absolute atomic E-state index is 13.0. The van der Waals surface area contributed by atoms with Gasteiger partial charge < -0.3 is 15.7 Å². The molecule has 1 aromatic carbocycles. The third kappa shape index (κ3) is 4.81. The summed E-state index contributed by atoms with van der Waals surface area (Å²) in [6, 6.07) is 7.62. The molecule has 2 aliphatic heterocycles. The maximum atomic E-state index is 13.0. The highest BCUT2D eigenvalue weighted by molar-refractivity contribution is 6.09. The van der Waals surface area contributed by atoms with Crippen LogP contribution in [0.15, 0.2) is 24.3 Å². The number of hydrogen-bond acceptors (Lipinski definition) is 5. The Kier molecular flexibility index (Phi) is 6.81. The highest BCUT2D eigenvalue weighted by Crippen LogP contribution is 2.38. The number of aliphatic hydroxyl groups is 1. The number of carbonyl (C=O) groups excluding carboxylic acids is 3. The number of nitrogens with one attached hydrogen (secondary N) is 2. The fourth-order valence-electron chi connectivity index (χ4n) is 5.14. The topological polar surface area (TPSA) is 102 Å². The van der Waals surface area contributed by atoms with Crippen LogP contribution >= 0.6 is 0 Å². The normalized spacial score (nSPS) is 27.1. The molecule has 2 unspecified atom stereocenters. The molecule has 8 heteroatoms. The van der Waals surface area contributed by atoms with Crippen molar-refractivity contribution in [1.29, 1.82) is 0 Å². The first kappa shape index (κ1) is 22.7. The number of amides is 4. The van der Waals surface area contributed by atoms with Crippen LogP contribution in [0.25, 0.3) is 0 Å². The molecule has 1 spiro atoms. The molecular weight excluding hydrogens is 408 g/mol. The molecule has 174 valence electrons. The highest BCUT2D eigenvalue weighted by Gasteiger charge is 2.55. The van der Waals surface area contributed by atoms with Crippen LogP contribution in [0.1, 0.15) is 56.6 Å². The largest absolute Gasteiger partial charge is 0.393 e. The van der Waals surface area contributed by atoms with Gasteiger partial charge in [-0.05, 0) is 42.7 Å². The van der Waals surface area contributed by atoms with Gasteiger partial charge in [-0.2, -0.15) is 0 Å². The third-order valence-corrected chi connectivity index (χ3v) is 7.28. The second-order valence-electron chi connectivity index (χ2n) is 9.54. The Hall–Kier alpha value is -2.45. The number of nitrogens with zero attached hydrogens (tertiary/aromatic N) is 2. The van der Waals surface area contributed by atoms with E-state index in [9.17, 15) is 19.5 Å². The van der Waals surface area contributed by atoms with Crippen LogP contribution in [0.3, 0.4) is 0 Å². The van der Waals surface area contributed by atoms with Crippen molar-refractivity contribution in [3.63, 3.8) is 0 Å². The van der Waals surface area contributed by atoms with Gasteiger partial charge in [-0.15, -0.1) is 0 Å². The molecular formula is C24H34N4O4. The summed E-state index contributed by atoms with van der Waals surface area (Å²) < 4.78 is 0. The van der Waals surface area contributed by atoms with E-state index in [4.69, 9.17) is 0 Å². The molecule has 1 aromatic rings. The average molecular weight is 443 g/mol. The Morgan fingerprint density at radius 2 is 1.81 bits per heavy atom. The molecule has 3 fully saturated rings. The summed E-state index contributed by atoms with van der Waals surface area (Å²) in [4.78, 5) is 41.3. The number of carbonyl (C=O) groups is 3. The van der Waals surface area contributed by atoms with Crippen molar-refractivity contribution >= 4 is 17.8 Å². The van der Waals surface area contributed by atoms with E-state index in [0.717, 1.165) is 62.2 Å². The van der Waals surface area contributed by atoms with Gasteiger partial charge in [-0.3, -0.25) is 19.4 Å². The van der Waals surface area contributed by atoms with Crippen molar-refractivity contribution in [3.8, 4) is 0 Å². The minimum atomic E-state index is -0.835. The van der Waals surface area contributed by atoms with E-state index >= 15 is 0 Å². The summed E-state index contributed by atoms with van der Waals surface area (Å²) in [5, 5.41) is 15.3. The molecule has 1 saturated carbocycles. The van der Waals surface area contributed by atoms with Crippen molar-refractivity contribution in [2.24, 2.45) is 5.92 Å². The zero-order chi connectivity index (χ0) is 22.7. The molecule has 3 aliphatic rings. The van der Waals surface area contributed by atoms with Gasteiger partial charge in [0, 0.05) is 26.2 Å². The van der Waals surface area contributed by atoms with Crippen molar-refractivity contribution < 1.29 is 19.5 Å². The molecule has 3 N–H and O–H groups in total. The van der Waals surface area contributed by atoms with Crippen LogP contribution in [0.2, 0.25) is 0 Å². The molecule has 1 aliphatic carbocycles. The standard InChI is InChI=1S/C24H34N4O4/c1-17-4-2-3-11-24(17)22(31)28(23(32)26-24)16-21(30)25-14-18-5-7-19(8-6-18)15-27-12-9-20(29)10-13-27/h5-8,17,20,29H,2-4,9-16H2,1H3,(H,25,30)(H,26,32). The second kappa shape index (κ2) is 9.58. The molecule has 2 atom stereocenters. The third-order valence-electron chi connectivity index (χ3n) is 7.28. The van der Waals surface area contributed by atoms with Crippen LogP contribution in [-0.2, 0) is 22.7 Å². The second-order valence-corrected chi connectivity index (χ2v) is 9.54. The average Bonchev–Trinajstić information content (AvgIpc) is 3.02. The fourth-order valence-corrected chi connectivity index (χ4v) is 5.14. The summed E-state index contributed by atoms with van der Waals surface area (Å²) >= 11 is 0. The summed E-state index contributed by atoms with van der Waals surface area (Å²) in [7, 11) is 0. The van der Waals surface area contributed by atoms with E-state index in [1.165, 1.54) is 5.56 Å². The van der Waals surface area contributed by atoms with Crippen LogP contribution < -0.4 is 10.6 Å². The van der Waals surface area contributed by atoms with Gasteiger partial charge in [0.25, 0.3) is 5.91 Å². The highest BCUT2D eigenvalue weighted by atomic mass is 16.3. The lowest BCUT2D eigenvalue weighted by molar-refractivity contribution is -0.137. The number of rotatable bonds is 6. The van der Waals surface area contributed by atoms with Gasteiger partial charge >= 0.3 is 6.03 Å². The molecule has 2 heterocycles. The molecule has 0 bridgehead atoms. The molecule has 0 aromatic heterocycles. The van der Waals surface area contributed by atoms with E-state index in [0.29, 0.717) is 13.0 Å². The van der Waals surface area contributed by atoms with E-state index in [1.54, 1.807) is 0 Å². The van der Waals surface area contributed by atoms with Crippen molar-refractivity contribution in [2.45, 2.75) is 70.2 Å². The SMILES string of the molecule is CC1CCCCC12NC(=O)N(CC(=O)NCc1ccc(CN3CCC(O)CC3)cc1)C2=O. The van der Waals surface area contributed by atoms with Crippen molar-refractivity contribution in [1.82, 2.24) is 20.4 Å². The Labute approximate surface area is 189 Å². The number of piperidine rings is 1. The summed E-state index contributed by atoms with van der Waals surface area (Å²) in [5.74, 6) is -0.529. The molecule has 0 radical (unpaired) electrons. The number of hydrogen-bond donors (Lipinski definition) is 3. The van der Waals surface area contributed by atoms with E-state index in [1.807, 2.05) is 19.1 Å². The molecule has 32 heavy (non-hydrogen) atoms. The van der Waals surface area contributed by atoms with Gasteiger partial charge in [-0.25, -0.2) is 4.79 Å². The first-order chi connectivity index (χ1) is 15.4. The Morgan fingerprint density at radius 3 is 2.50 bits per heavy atom. The number of likely N-dealkylation sites (tertiary alicyclic amines) is 1. The smallest absolute Gasteiger partial charge is 0.325 e. The van der Waals surface area contributed by atoms with Crippen molar-refractivity contribution in [3.05, 3.63) is 35.4 Å². The van der Waals surface area contributed by atoms with Crippen LogP contribution in [0.5, 0.6) is 0 Å². The van der Waals surface area contributed by atoms with Gasteiger partial charge in [0.05, 0.1) is 6.10 Å². The molecule has 4 amide bonds. The Bertz CT molecular complexity index is 850. The minimum absolute atomic E-state index is 0.0780. The zero-order valence-electron chi connectivity index (χ0n) is 18.8. The lowest BCUT2D eigenvalue weighted by Crippen LogP contribution is -2.54. The maximum Gasteiger partial charge on any atom is 0.325 e. The van der Waals surface area contributed by atoms with Gasteiger partial charge in [0.1, 0.15) is 12.1 Å². The van der Waals surface area contributed by atoms with Gasteiger partial charge in [-0.1, -0.05) is 44.0 Å². The summed E-state index contributed by atoms with van der Waals surface area (Å²) in [6.07, 6.45) is 4.99. The Morgan fingerprint density at radius 1 is 1.12 bits per heavy atom. The quantitative estimate of drug-likeness (QED) is 0.583. The number of benzene rings is 1. The predicted molar refractivity (Wildman–Crippen MR) is 119 cm³/mol. The van der Waals surface area contributed by atoms with E-state index in [2.05, 4.69) is 27.7 Å². The summed E-state index contributed by atoms with van der Waals surface area (Å²) in [5.41, 5.74) is 1.33. The monoisotopic (exact) mass is 442 g/mol. The van der Waals surface area contributed by atoms with Crippen molar-refractivity contribution in [2.75, 3.05) is 19.6 Å². The fraction of sp³-hybridized carbons (Fsp3) is 0.625. The number of aliphatic hydroxyl groups excluding tert-OH is 1. The van der Waals surface area contributed by atoms with Crippen LogP contribution in [-0.4, -0.2) is 64.0 Å². The Balaban J connectivity index is 1.26. The van der Waals surface area contributed by atoms with E-state index in [-0.39, 0.29) is 30.4 Å². The van der Waals surface area contributed by atoms with Gasteiger partial charge in [0.2, 0.25) is 5.91 Å². The summed E-state index contributed by atoms with van der Waals surface area (Å²) in [6.45, 7) is 4.76. The first-order valence-electron chi connectivity index (χ1n) is 11.8. The minimum Gasteiger partial charge on any atom is -0.393 e. The molecule has 2 saturated heterocycles. The zero-order valence-corrected chi connectivity index (χ0v) is 18.8.